The number of piperazine rings is 1. The molecule has 0 bridgehead atoms. The summed E-state index contributed by atoms with van der Waals surface area (Å²) in [4.78, 5) is 23.0. The number of hydrogen-bond acceptors (Lipinski definition) is 7. The van der Waals surface area contributed by atoms with Gasteiger partial charge in [0, 0.05) is 37.3 Å². The summed E-state index contributed by atoms with van der Waals surface area (Å²) >= 11 is 1.46. The van der Waals surface area contributed by atoms with Gasteiger partial charge in [0.05, 0.1) is 10.8 Å². The number of benzene rings is 1. The first-order valence-electron chi connectivity index (χ1n) is 12.4. The molecule has 2 unspecified atom stereocenters. The number of nitrogens with one attached hydrogen (secondary N) is 1. The van der Waals surface area contributed by atoms with Crippen molar-refractivity contribution < 1.29 is 13.2 Å². The summed E-state index contributed by atoms with van der Waals surface area (Å²) in [5.41, 5.74) is 0.844. The zero-order valence-corrected chi connectivity index (χ0v) is 22.3. The van der Waals surface area contributed by atoms with Crippen molar-refractivity contribution in [2.24, 2.45) is 5.92 Å². The molecule has 1 aliphatic heterocycles. The second kappa shape index (κ2) is 11.3. The normalized spacial score (nSPS) is 19.9. The van der Waals surface area contributed by atoms with Gasteiger partial charge >= 0.3 is 0 Å². The lowest BCUT2D eigenvalue weighted by atomic mass is 9.87. The standard InChI is InChI=1S/C26H36N4O3S2/c1-4-24(30-15-13-29(3)14-16-30)35(32,33)22-11-9-21(10-12-22)23(17-20-7-5-6-8-20)25(31)28-26-27-18-19(2)34-26/h4,9-12,18,20,23-24H,1,5-8,13-17H2,2-3H3,(H,27,28,31). The Kier molecular flexibility index (Phi) is 8.42. The molecular weight excluding hydrogens is 480 g/mol. The number of likely N-dealkylation sites (N-methyl/N-ethyl adjacent to an activating group) is 1. The third-order valence-electron chi connectivity index (χ3n) is 7.24. The predicted octanol–water partition coefficient (Wildman–Crippen LogP) is 4.29. The van der Waals surface area contributed by atoms with E-state index in [-0.39, 0.29) is 16.7 Å². The lowest BCUT2D eigenvalue weighted by Gasteiger charge is -2.36. The molecule has 1 saturated carbocycles. The number of hydrogen-bond donors (Lipinski definition) is 1. The van der Waals surface area contributed by atoms with Crippen LogP contribution < -0.4 is 5.32 Å². The molecule has 2 aliphatic rings. The van der Waals surface area contributed by atoms with E-state index < -0.39 is 15.2 Å². The van der Waals surface area contributed by atoms with Crippen LogP contribution in [-0.4, -0.2) is 67.7 Å². The number of amides is 1. The zero-order valence-electron chi connectivity index (χ0n) is 20.7. The molecule has 2 aromatic rings. The Morgan fingerprint density at radius 2 is 1.86 bits per heavy atom. The highest BCUT2D eigenvalue weighted by molar-refractivity contribution is 7.92. The summed E-state index contributed by atoms with van der Waals surface area (Å²) in [5, 5.41) is 2.82. The van der Waals surface area contributed by atoms with E-state index in [0.29, 0.717) is 24.1 Å². The van der Waals surface area contributed by atoms with Crippen LogP contribution in [0.4, 0.5) is 5.13 Å². The molecule has 2 heterocycles. The molecule has 0 spiro atoms. The number of anilines is 1. The second-order valence-corrected chi connectivity index (χ2v) is 13.1. The number of carbonyl (C=O) groups is 1. The summed E-state index contributed by atoms with van der Waals surface area (Å²) in [7, 11) is -1.58. The van der Waals surface area contributed by atoms with E-state index in [0.717, 1.165) is 42.8 Å². The average molecular weight is 517 g/mol. The molecule has 4 rings (SSSR count). The Labute approximate surface area is 213 Å². The summed E-state index contributed by atoms with van der Waals surface area (Å²) < 4.78 is 26.9. The van der Waals surface area contributed by atoms with Crippen LogP contribution in [0.25, 0.3) is 0 Å². The van der Waals surface area contributed by atoms with E-state index in [9.17, 15) is 13.2 Å². The molecule has 190 valence electrons. The average Bonchev–Trinajstić information content (AvgIpc) is 3.50. The third kappa shape index (κ3) is 6.20. The number of thiazole rings is 1. The van der Waals surface area contributed by atoms with Gasteiger partial charge in [-0.3, -0.25) is 9.69 Å². The van der Waals surface area contributed by atoms with Crippen molar-refractivity contribution in [3.05, 3.63) is 53.6 Å². The van der Waals surface area contributed by atoms with Crippen LogP contribution in [0.5, 0.6) is 0 Å². The summed E-state index contributed by atoms with van der Waals surface area (Å²) in [6, 6.07) is 6.92. The summed E-state index contributed by atoms with van der Waals surface area (Å²) in [5.74, 6) is 0.0877. The maximum Gasteiger partial charge on any atom is 0.233 e. The van der Waals surface area contributed by atoms with Crippen LogP contribution in [0.15, 0.2) is 48.0 Å². The highest BCUT2D eigenvalue weighted by Gasteiger charge is 2.33. The highest BCUT2D eigenvalue weighted by Crippen LogP contribution is 2.35. The SMILES string of the molecule is C=CC(N1CCN(C)CC1)S(=O)(=O)c1ccc(C(CC2CCCC2)C(=O)Nc2ncc(C)s2)cc1. The van der Waals surface area contributed by atoms with Gasteiger partial charge in [0.15, 0.2) is 15.0 Å². The van der Waals surface area contributed by atoms with Gasteiger partial charge < -0.3 is 10.2 Å². The van der Waals surface area contributed by atoms with Crippen molar-refractivity contribution in [1.29, 1.82) is 0 Å². The van der Waals surface area contributed by atoms with E-state index in [1.165, 1.54) is 30.3 Å². The molecule has 2 fully saturated rings. The Balaban J connectivity index is 1.54. The smallest absolute Gasteiger partial charge is 0.233 e. The molecule has 1 saturated heterocycles. The number of nitrogens with zero attached hydrogens (tertiary/aromatic N) is 3. The maximum absolute atomic E-state index is 13.5. The van der Waals surface area contributed by atoms with Gasteiger partial charge in [-0.15, -0.1) is 17.9 Å². The van der Waals surface area contributed by atoms with E-state index in [1.54, 1.807) is 18.3 Å². The number of aryl methyl sites for hydroxylation is 1. The van der Waals surface area contributed by atoms with Crippen molar-refractivity contribution in [3.63, 3.8) is 0 Å². The summed E-state index contributed by atoms with van der Waals surface area (Å²) in [6.07, 6.45) is 8.73. The van der Waals surface area contributed by atoms with Gasteiger partial charge in [0.1, 0.15) is 5.37 Å². The first kappa shape index (κ1) is 26.0. The molecule has 1 amide bonds. The number of sulfone groups is 1. The largest absolute Gasteiger partial charge is 0.304 e. The fraction of sp³-hybridized carbons (Fsp3) is 0.538. The van der Waals surface area contributed by atoms with Crippen LogP contribution in [0.3, 0.4) is 0 Å². The quantitative estimate of drug-likeness (QED) is 0.501. The maximum atomic E-state index is 13.5. The highest BCUT2D eigenvalue weighted by atomic mass is 32.2. The van der Waals surface area contributed by atoms with Crippen LogP contribution >= 0.6 is 11.3 Å². The molecule has 0 radical (unpaired) electrons. The number of carbonyl (C=O) groups excluding carboxylic acids is 1. The van der Waals surface area contributed by atoms with Crippen molar-refractivity contribution in [2.45, 2.75) is 55.2 Å². The second-order valence-electron chi connectivity index (χ2n) is 9.78. The van der Waals surface area contributed by atoms with Gasteiger partial charge in [0.2, 0.25) is 5.91 Å². The van der Waals surface area contributed by atoms with E-state index in [4.69, 9.17) is 0 Å². The van der Waals surface area contributed by atoms with Crippen LogP contribution in [0.2, 0.25) is 0 Å². The van der Waals surface area contributed by atoms with E-state index in [2.05, 4.69) is 21.8 Å². The van der Waals surface area contributed by atoms with Crippen molar-refractivity contribution >= 4 is 32.2 Å². The van der Waals surface area contributed by atoms with Crippen LogP contribution in [0, 0.1) is 12.8 Å². The van der Waals surface area contributed by atoms with Crippen LogP contribution in [0.1, 0.15) is 48.5 Å². The lowest BCUT2D eigenvalue weighted by molar-refractivity contribution is -0.118. The molecule has 1 aliphatic carbocycles. The van der Waals surface area contributed by atoms with Gasteiger partial charge in [-0.2, -0.15) is 0 Å². The van der Waals surface area contributed by atoms with E-state index >= 15 is 0 Å². The van der Waals surface area contributed by atoms with Crippen molar-refractivity contribution in [2.75, 3.05) is 38.5 Å². The molecule has 35 heavy (non-hydrogen) atoms. The number of aromatic nitrogens is 1. The zero-order chi connectivity index (χ0) is 25.0. The van der Waals surface area contributed by atoms with Gasteiger partial charge in [0.25, 0.3) is 0 Å². The Morgan fingerprint density at radius 1 is 1.20 bits per heavy atom. The monoisotopic (exact) mass is 516 g/mol. The third-order valence-corrected chi connectivity index (χ3v) is 10.1. The van der Waals surface area contributed by atoms with E-state index in [1.807, 2.05) is 31.0 Å². The lowest BCUT2D eigenvalue weighted by Crippen LogP contribution is -2.50. The van der Waals surface area contributed by atoms with Crippen LogP contribution in [-0.2, 0) is 14.6 Å². The van der Waals surface area contributed by atoms with Crippen molar-refractivity contribution in [3.8, 4) is 0 Å². The molecule has 1 aromatic carbocycles. The molecule has 2 atom stereocenters. The van der Waals surface area contributed by atoms with Crippen molar-refractivity contribution in [1.82, 2.24) is 14.8 Å². The molecule has 7 nitrogen and oxygen atoms in total. The molecular formula is C26H36N4O3S2. The Hall–Kier alpha value is -2.07. The minimum Gasteiger partial charge on any atom is -0.304 e. The predicted molar refractivity (Wildman–Crippen MR) is 141 cm³/mol. The van der Waals surface area contributed by atoms with Gasteiger partial charge in [-0.1, -0.05) is 43.9 Å². The molecule has 1 N–H and O–H groups in total. The first-order valence-corrected chi connectivity index (χ1v) is 14.8. The fourth-order valence-electron chi connectivity index (χ4n) is 5.16. The molecule has 1 aromatic heterocycles. The first-order chi connectivity index (χ1) is 16.8. The Bertz CT molecular complexity index is 1120. The van der Waals surface area contributed by atoms with Gasteiger partial charge in [-0.05, 0) is 44.0 Å². The topological polar surface area (TPSA) is 82.6 Å². The Morgan fingerprint density at radius 3 is 2.43 bits per heavy atom. The fourth-order valence-corrected chi connectivity index (χ4v) is 7.47. The van der Waals surface area contributed by atoms with Gasteiger partial charge in [-0.25, -0.2) is 13.4 Å². The minimum atomic E-state index is -3.62. The number of rotatable bonds is 9. The summed E-state index contributed by atoms with van der Waals surface area (Å²) in [6.45, 7) is 8.81. The molecule has 9 heteroatoms. The minimum absolute atomic E-state index is 0.0803.